The second-order valence-electron chi connectivity index (χ2n) is 10.2. The first-order valence-corrected chi connectivity index (χ1v) is 11.9. The molecule has 1 aliphatic heterocycles. The number of ether oxygens (including phenoxy) is 1. The molecule has 4 rings (SSSR count). The summed E-state index contributed by atoms with van der Waals surface area (Å²) in [5.74, 6) is -1.34. The number of hydrogen-bond donors (Lipinski definition) is 2. The maximum atomic E-state index is 13.6. The van der Waals surface area contributed by atoms with Crippen LogP contribution in [0.3, 0.4) is 0 Å². The van der Waals surface area contributed by atoms with Crippen molar-refractivity contribution < 1.29 is 40.3 Å². The minimum absolute atomic E-state index is 0. The zero-order valence-electron chi connectivity index (χ0n) is 20.5. The molecule has 2 fully saturated rings. The van der Waals surface area contributed by atoms with E-state index >= 15 is 0 Å². The van der Waals surface area contributed by atoms with Crippen molar-refractivity contribution >= 4 is 18.3 Å². The first-order valence-electron chi connectivity index (χ1n) is 11.9. The molecule has 210 valence electrons. The number of alkyl halides is 6. The summed E-state index contributed by atoms with van der Waals surface area (Å²) >= 11 is 0. The third-order valence-electron chi connectivity index (χ3n) is 7.36. The van der Waals surface area contributed by atoms with Gasteiger partial charge in [-0.1, -0.05) is 12.1 Å². The Morgan fingerprint density at radius 3 is 2.03 bits per heavy atom. The minimum Gasteiger partial charge on any atom is -0.370 e. The molecule has 12 heteroatoms. The van der Waals surface area contributed by atoms with Crippen LogP contribution in [0.2, 0.25) is 0 Å². The van der Waals surface area contributed by atoms with Gasteiger partial charge in [0.15, 0.2) is 0 Å². The number of carbonyl (C=O) groups is 1. The van der Waals surface area contributed by atoms with E-state index in [2.05, 4.69) is 5.32 Å². The lowest BCUT2D eigenvalue weighted by Gasteiger charge is -2.31. The van der Waals surface area contributed by atoms with Gasteiger partial charge >= 0.3 is 12.4 Å². The van der Waals surface area contributed by atoms with Gasteiger partial charge in [-0.15, -0.1) is 12.4 Å². The SMILES string of the molecule is C[C@@H](O[C@H]1CC[C@@H](C2C[C@@](C)(N)C(=O)N2)[C@@H]1c1ccc(F)cc1)c1cc(C(F)(F)F)cc(C(F)(F)F)c1.Cl. The van der Waals surface area contributed by atoms with Crippen LogP contribution in [0.4, 0.5) is 30.7 Å². The van der Waals surface area contributed by atoms with Crippen molar-refractivity contribution in [1.29, 1.82) is 0 Å². The fourth-order valence-corrected chi connectivity index (χ4v) is 5.49. The van der Waals surface area contributed by atoms with Gasteiger partial charge in [0.2, 0.25) is 5.91 Å². The molecule has 0 bridgehead atoms. The molecule has 1 aliphatic carbocycles. The molecule has 2 aliphatic rings. The van der Waals surface area contributed by atoms with Gasteiger partial charge in [0, 0.05) is 12.0 Å². The van der Waals surface area contributed by atoms with E-state index in [0.29, 0.717) is 37.0 Å². The predicted molar refractivity (Wildman–Crippen MR) is 128 cm³/mol. The molecule has 1 heterocycles. The molecule has 6 atom stereocenters. The van der Waals surface area contributed by atoms with Crippen LogP contribution in [-0.4, -0.2) is 23.6 Å². The molecule has 1 amide bonds. The highest BCUT2D eigenvalue weighted by Gasteiger charge is 2.49. The van der Waals surface area contributed by atoms with E-state index in [0.717, 1.165) is 0 Å². The van der Waals surface area contributed by atoms with E-state index in [-0.39, 0.29) is 41.9 Å². The lowest BCUT2D eigenvalue weighted by atomic mass is 9.81. The second-order valence-corrected chi connectivity index (χ2v) is 10.2. The standard InChI is InChI=1S/C26H27F7N2O2.ClH/c1-13(15-9-16(25(28,29)30)11-17(10-15)26(31,32)33)37-21-8-7-19(20-12-24(2,34)23(36)35-20)22(21)14-3-5-18(27)6-4-14;/h3-6,9-11,13,19-22H,7-8,12,34H2,1-2H3,(H,35,36);1H/t13-,19+,20?,21+,22+,24-;/m1./s1. The molecule has 2 aromatic rings. The normalized spacial score (nSPS) is 28.6. The Morgan fingerprint density at radius 1 is 1.00 bits per heavy atom. The van der Waals surface area contributed by atoms with Gasteiger partial charge < -0.3 is 15.8 Å². The van der Waals surface area contributed by atoms with Crippen molar-refractivity contribution in [1.82, 2.24) is 5.32 Å². The molecule has 3 N–H and O–H groups in total. The molecule has 1 unspecified atom stereocenters. The van der Waals surface area contributed by atoms with Crippen LogP contribution < -0.4 is 11.1 Å². The molecule has 0 aromatic heterocycles. The van der Waals surface area contributed by atoms with Crippen LogP contribution in [0.15, 0.2) is 42.5 Å². The number of halogens is 8. The van der Waals surface area contributed by atoms with Crippen molar-refractivity contribution in [3.8, 4) is 0 Å². The Kier molecular flexibility index (Phi) is 8.46. The van der Waals surface area contributed by atoms with Gasteiger partial charge in [0.25, 0.3) is 0 Å². The average molecular weight is 569 g/mol. The molecule has 1 saturated carbocycles. The molecule has 1 saturated heterocycles. The summed E-state index contributed by atoms with van der Waals surface area (Å²) in [6, 6.07) is 6.78. The van der Waals surface area contributed by atoms with Crippen molar-refractivity contribution in [3.63, 3.8) is 0 Å². The highest BCUT2D eigenvalue weighted by Crippen LogP contribution is 2.47. The fraction of sp³-hybridized carbons (Fsp3) is 0.500. The lowest BCUT2D eigenvalue weighted by Crippen LogP contribution is -2.43. The van der Waals surface area contributed by atoms with Crippen molar-refractivity contribution in [2.45, 2.75) is 75.2 Å². The summed E-state index contributed by atoms with van der Waals surface area (Å²) < 4.78 is 99.9. The van der Waals surface area contributed by atoms with Crippen molar-refractivity contribution in [2.24, 2.45) is 11.7 Å². The second kappa shape index (κ2) is 10.7. The Hall–Kier alpha value is -2.37. The van der Waals surface area contributed by atoms with Crippen LogP contribution >= 0.6 is 12.4 Å². The van der Waals surface area contributed by atoms with Gasteiger partial charge in [-0.25, -0.2) is 4.39 Å². The molecule has 0 radical (unpaired) electrons. The monoisotopic (exact) mass is 568 g/mol. The molecule has 2 aromatic carbocycles. The zero-order valence-corrected chi connectivity index (χ0v) is 21.3. The van der Waals surface area contributed by atoms with Gasteiger partial charge in [-0.2, -0.15) is 26.3 Å². The molecule has 4 nitrogen and oxygen atoms in total. The van der Waals surface area contributed by atoms with Gasteiger partial charge in [-0.3, -0.25) is 4.79 Å². The summed E-state index contributed by atoms with van der Waals surface area (Å²) in [4.78, 5) is 12.3. The smallest absolute Gasteiger partial charge is 0.370 e. The number of amides is 1. The number of carbonyl (C=O) groups excluding carboxylic acids is 1. The van der Waals surface area contributed by atoms with Crippen molar-refractivity contribution in [3.05, 3.63) is 70.5 Å². The van der Waals surface area contributed by atoms with Crippen LogP contribution in [0.5, 0.6) is 0 Å². The summed E-state index contributed by atoms with van der Waals surface area (Å²) in [6.07, 6.45) is -10.3. The van der Waals surface area contributed by atoms with Gasteiger partial charge in [0.05, 0.1) is 28.9 Å². The van der Waals surface area contributed by atoms with Crippen molar-refractivity contribution in [2.75, 3.05) is 0 Å². The highest BCUT2D eigenvalue weighted by molar-refractivity contribution is 5.88. The number of hydrogen-bond acceptors (Lipinski definition) is 3. The molecular formula is C26H28ClF7N2O2. The Morgan fingerprint density at radius 2 is 1.55 bits per heavy atom. The number of rotatable bonds is 5. The third kappa shape index (κ3) is 6.26. The molecule has 0 spiro atoms. The van der Waals surface area contributed by atoms with Gasteiger partial charge in [0.1, 0.15) is 5.82 Å². The van der Waals surface area contributed by atoms with E-state index in [1.165, 1.54) is 19.1 Å². The quantitative estimate of drug-likeness (QED) is 0.403. The first-order chi connectivity index (χ1) is 17.1. The van der Waals surface area contributed by atoms with E-state index in [9.17, 15) is 35.5 Å². The van der Waals surface area contributed by atoms with Crippen LogP contribution in [0, 0.1) is 11.7 Å². The minimum atomic E-state index is -4.97. The van der Waals surface area contributed by atoms with Crippen LogP contribution in [0.25, 0.3) is 0 Å². The fourth-order valence-electron chi connectivity index (χ4n) is 5.49. The number of nitrogens with two attached hydrogens (primary N) is 1. The van der Waals surface area contributed by atoms with Gasteiger partial charge in [-0.05, 0) is 80.5 Å². The topological polar surface area (TPSA) is 64.3 Å². The summed E-state index contributed by atoms with van der Waals surface area (Å²) in [6.45, 7) is 3.02. The van der Waals surface area contributed by atoms with E-state index in [1.807, 2.05) is 0 Å². The van der Waals surface area contributed by atoms with Crippen LogP contribution in [0.1, 0.15) is 67.4 Å². The Bertz CT molecular complexity index is 1120. The third-order valence-corrected chi connectivity index (χ3v) is 7.36. The molecule has 38 heavy (non-hydrogen) atoms. The summed E-state index contributed by atoms with van der Waals surface area (Å²) in [7, 11) is 0. The zero-order chi connectivity index (χ0) is 27.3. The van der Waals surface area contributed by atoms with E-state index in [4.69, 9.17) is 10.5 Å². The molecular weight excluding hydrogens is 541 g/mol. The maximum Gasteiger partial charge on any atom is 0.416 e. The predicted octanol–water partition coefficient (Wildman–Crippen LogP) is 6.53. The Labute approximate surface area is 221 Å². The highest BCUT2D eigenvalue weighted by atomic mass is 35.5. The van der Waals surface area contributed by atoms with E-state index < -0.39 is 53.0 Å². The van der Waals surface area contributed by atoms with E-state index in [1.54, 1.807) is 19.1 Å². The first kappa shape index (κ1) is 30.2. The largest absolute Gasteiger partial charge is 0.416 e. The lowest BCUT2D eigenvalue weighted by molar-refractivity contribution is -0.143. The summed E-state index contributed by atoms with van der Waals surface area (Å²) in [5, 5.41) is 2.91. The average Bonchev–Trinajstić information content (AvgIpc) is 3.32. The number of nitrogens with one attached hydrogen (secondary N) is 1. The Balaban J connectivity index is 0.00000400. The summed E-state index contributed by atoms with van der Waals surface area (Å²) in [5.41, 5.74) is 2.63. The van der Waals surface area contributed by atoms with Crippen LogP contribution in [-0.2, 0) is 21.9 Å². The maximum absolute atomic E-state index is 13.6. The number of benzene rings is 2.